The molecule has 2 N–H and O–H groups in total. The minimum atomic E-state index is -1.93. The normalized spacial score (nSPS) is 8.80. The van der Waals surface area contributed by atoms with Gasteiger partial charge >= 0.3 is 5.97 Å². The number of aliphatic hydroxyl groups excluding tert-OH is 2. The van der Waals surface area contributed by atoms with Crippen LogP contribution in [0.2, 0.25) is 0 Å². The highest BCUT2D eigenvalue weighted by atomic mass is 35.6. The molecule has 0 atom stereocenters. The number of hydrogen-bond acceptors (Lipinski definition) is 5. The van der Waals surface area contributed by atoms with Gasteiger partial charge in [-0.3, -0.25) is 0 Å². The summed E-state index contributed by atoms with van der Waals surface area (Å²) in [6.45, 7) is 13.3. The van der Waals surface area contributed by atoms with Gasteiger partial charge in [0.15, 0.2) is 0 Å². The van der Waals surface area contributed by atoms with Gasteiger partial charge in [0.1, 0.15) is 0 Å². The smallest absolute Gasteiger partial charge is 0.358 e. The molecule has 20 heavy (non-hydrogen) atoms. The van der Waals surface area contributed by atoms with Crippen molar-refractivity contribution >= 4 is 40.8 Å². The van der Waals surface area contributed by atoms with Gasteiger partial charge in [0, 0.05) is 13.2 Å². The first kappa shape index (κ1) is 28.2. The van der Waals surface area contributed by atoms with Crippen molar-refractivity contribution in [1.82, 2.24) is 0 Å². The van der Waals surface area contributed by atoms with E-state index in [0.29, 0.717) is 0 Å². The number of carbonyl (C=O) groups excluding carboxylic acids is 1. The van der Waals surface area contributed by atoms with Crippen molar-refractivity contribution in [3.8, 4) is 0 Å². The van der Waals surface area contributed by atoms with E-state index in [2.05, 4.69) is 17.9 Å². The van der Waals surface area contributed by atoms with Crippen LogP contribution in [0.3, 0.4) is 0 Å². The molecular formula is C12H25Cl3O5. The van der Waals surface area contributed by atoms with E-state index in [0.717, 1.165) is 13.2 Å². The maximum atomic E-state index is 10.4. The molecule has 0 rings (SSSR count). The fraction of sp³-hybridized carbons (Fsp3) is 0.750. The molecule has 8 heteroatoms. The van der Waals surface area contributed by atoms with Gasteiger partial charge in [-0.25, -0.2) is 4.79 Å². The Hall–Kier alpha value is -0.0400. The summed E-state index contributed by atoms with van der Waals surface area (Å²) in [6.07, 6.45) is 0. The van der Waals surface area contributed by atoms with Crippen molar-refractivity contribution in [2.75, 3.05) is 33.0 Å². The summed E-state index contributed by atoms with van der Waals surface area (Å²) in [5.74, 6) is -0.838. The Bertz CT molecular complexity index is 182. The predicted octanol–water partition coefficient (Wildman–Crippen LogP) is 2.74. The quantitative estimate of drug-likeness (QED) is 0.461. The van der Waals surface area contributed by atoms with Gasteiger partial charge < -0.3 is 19.7 Å². The molecule has 0 fully saturated rings. The van der Waals surface area contributed by atoms with E-state index in [1.165, 1.54) is 0 Å². The summed E-state index contributed by atoms with van der Waals surface area (Å²) >= 11 is 15.4. The molecule has 0 heterocycles. The first-order valence-corrected chi connectivity index (χ1v) is 6.98. The van der Waals surface area contributed by atoms with Crippen LogP contribution < -0.4 is 0 Å². The number of ether oxygens (including phenoxy) is 2. The van der Waals surface area contributed by atoms with Gasteiger partial charge in [-0.2, -0.15) is 0 Å². The zero-order chi connectivity index (χ0) is 17.0. The van der Waals surface area contributed by atoms with E-state index in [9.17, 15) is 4.79 Å². The number of rotatable bonds is 4. The first-order valence-electron chi connectivity index (χ1n) is 5.84. The van der Waals surface area contributed by atoms with Crippen LogP contribution in [0.25, 0.3) is 0 Å². The number of hydrogen-bond donors (Lipinski definition) is 2. The van der Waals surface area contributed by atoms with Crippen LogP contribution in [0.15, 0.2) is 13.2 Å². The predicted molar refractivity (Wildman–Crippen MR) is 84.5 cm³/mol. The molecule has 0 saturated carbocycles. The summed E-state index contributed by atoms with van der Waals surface area (Å²) in [5, 5.41) is 15.2. The largest absolute Gasteiger partial charge is 0.463 e. The van der Waals surface area contributed by atoms with Crippen LogP contribution in [0, 0.1) is 0 Å². The maximum absolute atomic E-state index is 10.4. The second kappa shape index (κ2) is 24.0. The minimum Gasteiger partial charge on any atom is -0.463 e. The number of aliphatic hydroxyl groups is 2. The van der Waals surface area contributed by atoms with Gasteiger partial charge in [-0.15, -0.1) is 13.2 Å². The fourth-order valence-electron chi connectivity index (χ4n) is 0.417. The lowest BCUT2D eigenvalue weighted by atomic mass is 10.7. The highest BCUT2D eigenvalue weighted by molar-refractivity contribution is 6.75. The molecule has 5 nitrogen and oxygen atoms in total. The number of esters is 1. The third-order valence-corrected chi connectivity index (χ3v) is 1.48. The molecule has 0 radical (unpaired) electrons. The summed E-state index contributed by atoms with van der Waals surface area (Å²) in [5.41, 5.74) is 0. The molecule has 0 saturated heterocycles. The van der Waals surface area contributed by atoms with Crippen LogP contribution >= 0.6 is 34.8 Å². The lowest BCUT2D eigenvalue weighted by molar-refractivity contribution is -0.141. The van der Waals surface area contributed by atoms with E-state index >= 15 is 0 Å². The topological polar surface area (TPSA) is 76.0 Å². The van der Waals surface area contributed by atoms with E-state index in [1.54, 1.807) is 6.92 Å². The minimum absolute atomic E-state index is 0.125. The average molecular weight is 356 g/mol. The molecule has 124 valence electrons. The molecule has 0 bridgehead atoms. The second-order valence-electron chi connectivity index (χ2n) is 2.45. The third kappa shape index (κ3) is 36.1. The molecule has 0 aliphatic heterocycles. The molecule has 0 spiro atoms. The second-order valence-corrected chi connectivity index (χ2v) is 4.73. The highest BCUT2D eigenvalue weighted by Crippen LogP contribution is 2.27. The van der Waals surface area contributed by atoms with E-state index < -0.39 is 9.76 Å². The van der Waals surface area contributed by atoms with Crippen LogP contribution in [0.5, 0.6) is 0 Å². The lowest BCUT2D eigenvalue weighted by Crippen LogP contribution is -2.21. The Morgan fingerprint density at radius 2 is 1.35 bits per heavy atom. The van der Waals surface area contributed by atoms with Crippen molar-refractivity contribution in [2.24, 2.45) is 0 Å². The van der Waals surface area contributed by atoms with Gasteiger partial charge in [-0.1, -0.05) is 34.8 Å². The van der Waals surface area contributed by atoms with Crippen LogP contribution in [-0.4, -0.2) is 53.0 Å². The summed E-state index contributed by atoms with van der Waals surface area (Å²) in [7, 11) is 0. The van der Waals surface area contributed by atoms with Gasteiger partial charge in [0.05, 0.1) is 19.8 Å². The zero-order valence-electron chi connectivity index (χ0n) is 12.2. The SMILES string of the molecule is C=C.CCOC(=O)C(Cl)(Cl)Cl.CCOCC.OCCO. The molecular weight excluding hydrogens is 330 g/mol. The molecule has 0 aromatic heterocycles. The molecule has 0 unspecified atom stereocenters. The highest BCUT2D eigenvalue weighted by Gasteiger charge is 2.31. The van der Waals surface area contributed by atoms with E-state index in [1.807, 2.05) is 13.8 Å². The van der Waals surface area contributed by atoms with Crippen molar-refractivity contribution in [3.63, 3.8) is 0 Å². The van der Waals surface area contributed by atoms with Gasteiger partial charge in [0.25, 0.3) is 3.79 Å². The van der Waals surface area contributed by atoms with Crippen LogP contribution in [0.4, 0.5) is 0 Å². The zero-order valence-corrected chi connectivity index (χ0v) is 14.5. The average Bonchev–Trinajstić information content (AvgIpc) is 2.42. The Morgan fingerprint density at radius 3 is 1.40 bits per heavy atom. The monoisotopic (exact) mass is 354 g/mol. The van der Waals surface area contributed by atoms with Crippen LogP contribution in [0.1, 0.15) is 20.8 Å². The molecule has 0 aromatic carbocycles. The molecule has 0 aliphatic rings. The molecule has 0 aromatic rings. The van der Waals surface area contributed by atoms with Crippen molar-refractivity contribution < 1.29 is 24.5 Å². The lowest BCUT2D eigenvalue weighted by Gasteiger charge is -2.07. The van der Waals surface area contributed by atoms with Crippen molar-refractivity contribution in [1.29, 1.82) is 0 Å². The molecule has 0 aliphatic carbocycles. The Balaban J connectivity index is -0.0000000990. The number of alkyl halides is 3. The Labute approximate surface area is 136 Å². The summed E-state index contributed by atoms with van der Waals surface area (Å²) in [4.78, 5) is 10.4. The van der Waals surface area contributed by atoms with E-state index in [4.69, 9.17) is 49.8 Å². The number of halogens is 3. The van der Waals surface area contributed by atoms with Crippen molar-refractivity contribution in [3.05, 3.63) is 13.2 Å². The standard InChI is InChI=1S/C4H5Cl3O2.C4H10O.C2H6O2.C2H4/c1-2-9-3(8)4(5,6)7;1-3-5-4-2;3-1-2-4;1-2/h2H2,1H3;3-4H2,1-2H3;3-4H,1-2H2;1-2H2. The van der Waals surface area contributed by atoms with Crippen LogP contribution in [-0.2, 0) is 14.3 Å². The summed E-state index contributed by atoms with van der Waals surface area (Å²) in [6, 6.07) is 0. The van der Waals surface area contributed by atoms with Gasteiger partial charge in [0.2, 0.25) is 0 Å². The number of carbonyl (C=O) groups is 1. The maximum Gasteiger partial charge on any atom is 0.358 e. The molecule has 0 amide bonds. The third-order valence-electron chi connectivity index (χ3n) is 1.02. The van der Waals surface area contributed by atoms with Gasteiger partial charge in [-0.05, 0) is 20.8 Å². The van der Waals surface area contributed by atoms with Crippen molar-refractivity contribution in [2.45, 2.75) is 24.6 Å². The Kier molecular flexibility index (Phi) is 33.8. The van der Waals surface area contributed by atoms with E-state index in [-0.39, 0.29) is 19.8 Å². The first-order chi connectivity index (χ1) is 9.31. The Morgan fingerprint density at radius 1 is 1.00 bits per heavy atom. The fourth-order valence-corrected chi connectivity index (χ4v) is 0.581. The summed E-state index contributed by atoms with van der Waals surface area (Å²) < 4.78 is 7.27.